The molecule has 0 radical (unpaired) electrons. The zero-order valence-corrected chi connectivity index (χ0v) is 18.7. The van der Waals surface area contributed by atoms with E-state index in [9.17, 15) is 4.79 Å². The number of ether oxygens (including phenoxy) is 1. The number of carbonyl (C=O) groups excluding carboxylic acids is 1. The average Bonchev–Trinajstić information content (AvgIpc) is 2.99. The zero-order chi connectivity index (χ0) is 20.2. The highest BCUT2D eigenvalue weighted by atomic mass is 35.5. The number of likely N-dealkylation sites (tertiary alicyclic amines) is 1. The Bertz CT molecular complexity index is 833. The number of nitrogens with zero attached hydrogens (tertiary/aromatic N) is 4. The molecule has 164 valence electrons. The molecule has 30 heavy (non-hydrogen) atoms. The molecule has 8 heteroatoms. The molecule has 1 aromatic heterocycles. The molecule has 2 aromatic rings. The van der Waals surface area contributed by atoms with Gasteiger partial charge in [0.2, 0.25) is 0 Å². The average molecular weight is 434 g/mol. The summed E-state index contributed by atoms with van der Waals surface area (Å²) in [4.78, 5) is 15.6. The lowest BCUT2D eigenvalue weighted by Crippen LogP contribution is -2.35. The van der Waals surface area contributed by atoms with Crippen LogP contribution in [-0.4, -0.2) is 52.5 Å². The number of hydrogen-bond donors (Lipinski definition) is 1. The van der Waals surface area contributed by atoms with Crippen molar-refractivity contribution < 1.29 is 9.53 Å². The largest absolute Gasteiger partial charge is 0.497 e. The molecule has 0 spiro atoms. The van der Waals surface area contributed by atoms with Crippen LogP contribution < -0.4 is 10.1 Å². The zero-order valence-electron chi connectivity index (χ0n) is 17.8. The molecule has 1 N–H and O–H groups in total. The van der Waals surface area contributed by atoms with Crippen LogP contribution in [0.15, 0.2) is 24.3 Å². The van der Waals surface area contributed by atoms with E-state index in [4.69, 9.17) is 4.74 Å². The quantitative estimate of drug-likeness (QED) is 0.795. The molecule has 2 fully saturated rings. The highest BCUT2D eigenvalue weighted by Crippen LogP contribution is 2.32. The van der Waals surface area contributed by atoms with Crippen molar-refractivity contribution in [3.8, 4) is 5.75 Å². The maximum absolute atomic E-state index is 13.5. The summed E-state index contributed by atoms with van der Waals surface area (Å²) in [5.41, 5.74) is 2.55. The van der Waals surface area contributed by atoms with Crippen LogP contribution >= 0.6 is 12.4 Å². The number of piperidine rings is 1. The molecule has 1 atom stereocenters. The molecule has 2 aliphatic rings. The van der Waals surface area contributed by atoms with Crippen LogP contribution in [0.5, 0.6) is 5.75 Å². The van der Waals surface area contributed by atoms with Gasteiger partial charge >= 0.3 is 0 Å². The SMILES string of the molecule is COc1ccc(C2CCCCCN2C(=O)c2nnn(C3CCNCC3)c2C)cc1.Cl. The summed E-state index contributed by atoms with van der Waals surface area (Å²) in [6, 6.07) is 8.50. The molecule has 7 nitrogen and oxygen atoms in total. The Labute approximate surface area is 184 Å². The number of halogens is 1. The van der Waals surface area contributed by atoms with E-state index in [1.165, 1.54) is 0 Å². The molecule has 3 heterocycles. The van der Waals surface area contributed by atoms with Gasteiger partial charge in [-0.15, -0.1) is 17.5 Å². The summed E-state index contributed by atoms with van der Waals surface area (Å²) in [5.74, 6) is 0.839. The molecule has 2 saturated heterocycles. The maximum atomic E-state index is 13.5. The lowest BCUT2D eigenvalue weighted by Gasteiger charge is -2.30. The number of nitrogens with one attached hydrogen (secondary N) is 1. The van der Waals surface area contributed by atoms with Crippen molar-refractivity contribution in [3.05, 3.63) is 41.2 Å². The molecule has 0 bridgehead atoms. The van der Waals surface area contributed by atoms with Crippen molar-refractivity contribution in [1.82, 2.24) is 25.2 Å². The first-order valence-electron chi connectivity index (χ1n) is 10.8. The molecule has 2 aliphatic heterocycles. The predicted molar refractivity (Wildman–Crippen MR) is 118 cm³/mol. The van der Waals surface area contributed by atoms with Crippen LogP contribution in [0.3, 0.4) is 0 Å². The first-order chi connectivity index (χ1) is 14.2. The third kappa shape index (κ3) is 4.62. The second kappa shape index (κ2) is 10.3. The van der Waals surface area contributed by atoms with Gasteiger partial charge in [0, 0.05) is 6.54 Å². The number of amides is 1. The fraction of sp³-hybridized carbons (Fsp3) is 0.591. The van der Waals surface area contributed by atoms with Crippen LogP contribution in [0.4, 0.5) is 0 Å². The molecule has 1 aromatic carbocycles. The Kier molecular flexibility index (Phi) is 7.72. The standard InChI is InChI=1S/C22H31N5O2.ClH/c1-16-21(24-25-27(16)18-11-13-23-14-12-18)22(28)26-15-5-3-4-6-20(26)17-7-9-19(29-2)10-8-17;/h7-10,18,20,23H,3-6,11-15H2,1-2H3;1H. The summed E-state index contributed by atoms with van der Waals surface area (Å²) >= 11 is 0. The smallest absolute Gasteiger partial charge is 0.276 e. The number of methoxy groups -OCH3 is 1. The predicted octanol–water partition coefficient (Wildman–Crippen LogP) is 3.70. The Morgan fingerprint density at radius 2 is 1.83 bits per heavy atom. The van der Waals surface area contributed by atoms with Crippen molar-refractivity contribution in [2.75, 3.05) is 26.7 Å². The second-order valence-electron chi connectivity index (χ2n) is 8.09. The molecule has 0 saturated carbocycles. The van der Waals surface area contributed by atoms with Crippen molar-refractivity contribution in [1.29, 1.82) is 0 Å². The van der Waals surface area contributed by atoms with E-state index in [1.807, 2.05) is 28.6 Å². The summed E-state index contributed by atoms with van der Waals surface area (Å²) in [5, 5.41) is 12.1. The summed E-state index contributed by atoms with van der Waals surface area (Å²) < 4.78 is 7.26. The van der Waals surface area contributed by atoms with Gasteiger partial charge in [-0.2, -0.15) is 0 Å². The lowest BCUT2D eigenvalue weighted by molar-refractivity contribution is 0.0674. The Balaban J connectivity index is 0.00000256. The second-order valence-corrected chi connectivity index (χ2v) is 8.09. The maximum Gasteiger partial charge on any atom is 0.276 e. The van der Waals surface area contributed by atoms with E-state index in [1.54, 1.807) is 7.11 Å². The van der Waals surface area contributed by atoms with Gasteiger partial charge < -0.3 is 15.0 Å². The van der Waals surface area contributed by atoms with Crippen LogP contribution in [0.2, 0.25) is 0 Å². The minimum Gasteiger partial charge on any atom is -0.497 e. The van der Waals surface area contributed by atoms with Gasteiger partial charge in [-0.25, -0.2) is 4.68 Å². The summed E-state index contributed by atoms with van der Waals surface area (Å²) in [6.45, 7) is 4.71. The highest BCUT2D eigenvalue weighted by Gasteiger charge is 2.31. The van der Waals surface area contributed by atoms with Crippen LogP contribution in [0.25, 0.3) is 0 Å². The molecule has 1 amide bonds. The Morgan fingerprint density at radius 1 is 1.10 bits per heavy atom. The third-order valence-electron chi connectivity index (χ3n) is 6.30. The number of benzene rings is 1. The molecular weight excluding hydrogens is 402 g/mol. The van der Waals surface area contributed by atoms with E-state index in [-0.39, 0.29) is 24.4 Å². The first kappa shape index (κ1) is 22.6. The van der Waals surface area contributed by atoms with E-state index in [2.05, 4.69) is 27.8 Å². The van der Waals surface area contributed by atoms with Crippen molar-refractivity contribution >= 4 is 18.3 Å². The normalized spacial score (nSPS) is 20.3. The van der Waals surface area contributed by atoms with Gasteiger partial charge in [0.15, 0.2) is 5.69 Å². The first-order valence-corrected chi connectivity index (χ1v) is 10.8. The van der Waals surface area contributed by atoms with Gasteiger partial charge in [-0.1, -0.05) is 30.2 Å². The van der Waals surface area contributed by atoms with Gasteiger partial charge in [-0.05, 0) is 63.4 Å². The van der Waals surface area contributed by atoms with Crippen LogP contribution in [-0.2, 0) is 0 Å². The van der Waals surface area contributed by atoms with Gasteiger partial charge in [0.05, 0.1) is 24.9 Å². The fourth-order valence-electron chi connectivity index (χ4n) is 4.60. The summed E-state index contributed by atoms with van der Waals surface area (Å²) in [7, 11) is 1.67. The van der Waals surface area contributed by atoms with Gasteiger partial charge in [0.1, 0.15) is 5.75 Å². The van der Waals surface area contributed by atoms with Crippen molar-refractivity contribution in [2.24, 2.45) is 0 Å². The minimum absolute atomic E-state index is 0. The highest BCUT2D eigenvalue weighted by molar-refractivity contribution is 5.93. The van der Waals surface area contributed by atoms with Crippen LogP contribution in [0, 0.1) is 6.92 Å². The molecular formula is C22H32ClN5O2. The summed E-state index contributed by atoms with van der Waals surface area (Å²) in [6.07, 6.45) is 6.32. The Morgan fingerprint density at radius 3 is 2.53 bits per heavy atom. The van der Waals surface area contributed by atoms with Crippen LogP contribution in [0.1, 0.15) is 72.4 Å². The Hall–Kier alpha value is -2.12. The number of hydrogen-bond acceptors (Lipinski definition) is 5. The van der Waals surface area contributed by atoms with Gasteiger partial charge in [0.25, 0.3) is 5.91 Å². The molecule has 1 unspecified atom stereocenters. The topological polar surface area (TPSA) is 72.3 Å². The number of carbonyl (C=O) groups is 1. The van der Waals surface area contributed by atoms with Crippen molar-refractivity contribution in [2.45, 2.75) is 57.5 Å². The van der Waals surface area contributed by atoms with E-state index < -0.39 is 0 Å². The van der Waals surface area contributed by atoms with E-state index in [0.717, 1.165) is 75.2 Å². The van der Waals surface area contributed by atoms with E-state index in [0.29, 0.717) is 11.7 Å². The monoisotopic (exact) mass is 433 g/mol. The fourth-order valence-corrected chi connectivity index (χ4v) is 4.60. The number of rotatable bonds is 4. The minimum atomic E-state index is 0. The third-order valence-corrected chi connectivity index (χ3v) is 6.30. The molecule has 0 aliphatic carbocycles. The molecule has 4 rings (SSSR count). The van der Waals surface area contributed by atoms with Crippen molar-refractivity contribution in [3.63, 3.8) is 0 Å². The van der Waals surface area contributed by atoms with Gasteiger partial charge in [-0.3, -0.25) is 4.79 Å². The van der Waals surface area contributed by atoms with E-state index >= 15 is 0 Å². The lowest BCUT2D eigenvalue weighted by atomic mass is 10.00. The number of aromatic nitrogens is 3.